The van der Waals surface area contributed by atoms with Gasteiger partial charge in [0.2, 0.25) is 5.78 Å². The third kappa shape index (κ3) is 1.62. The first kappa shape index (κ1) is 8.74. The molecular formula is C8H5ClO3. The molecule has 0 saturated carbocycles. The standard InChI is InChI=1S/C8H5ClO3/c9-7-3-5(11)1-2-6(7)8(12)4-10/h1-4,11H. The number of Topliss-reactive ketones (excluding diaryl/α,β-unsaturated/α-hetero) is 1. The van der Waals surface area contributed by atoms with Gasteiger partial charge in [-0.1, -0.05) is 11.6 Å². The Balaban J connectivity index is 3.18. The Labute approximate surface area is 73.6 Å². The highest BCUT2D eigenvalue weighted by molar-refractivity contribution is 6.41. The van der Waals surface area contributed by atoms with Crippen molar-refractivity contribution in [3.05, 3.63) is 28.8 Å². The van der Waals surface area contributed by atoms with Gasteiger partial charge >= 0.3 is 0 Å². The molecule has 0 aliphatic heterocycles. The maximum atomic E-state index is 10.8. The summed E-state index contributed by atoms with van der Waals surface area (Å²) >= 11 is 5.56. The highest BCUT2D eigenvalue weighted by Gasteiger charge is 2.08. The second-order valence-corrected chi connectivity index (χ2v) is 2.55. The molecule has 1 aromatic rings. The van der Waals surface area contributed by atoms with Crippen molar-refractivity contribution in [1.29, 1.82) is 0 Å². The van der Waals surface area contributed by atoms with Crippen molar-refractivity contribution >= 4 is 23.7 Å². The number of hydrogen-bond donors (Lipinski definition) is 1. The number of aromatic hydroxyl groups is 1. The van der Waals surface area contributed by atoms with E-state index in [0.717, 1.165) is 0 Å². The molecule has 0 aliphatic carbocycles. The van der Waals surface area contributed by atoms with Crippen LogP contribution in [0.3, 0.4) is 0 Å². The van der Waals surface area contributed by atoms with Gasteiger partial charge in [0.05, 0.1) is 5.02 Å². The van der Waals surface area contributed by atoms with Crippen molar-refractivity contribution in [3.63, 3.8) is 0 Å². The molecule has 3 nitrogen and oxygen atoms in total. The highest BCUT2D eigenvalue weighted by Crippen LogP contribution is 2.21. The average molecular weight is 185 g/mol. The number of phenols is 1. The molecule has 0 radical (unpaired) electrons. The molecule has 0 bridgehead atoms. The van der Waals surface area contributed by atoms with E-state index in [0.29, 0.717) is 0 Å². The van der Waals surface area contributed by atoms with Crippen molar-refractivity contribution in [1.82, 2.24) is 0 Å². The van der Waals surface area contributed by atoms with E-state index in [2.05, 4.69) is 0 Å². The topological polar surface area (TPSA) is 54.4 Å². The Hall–Kier alpha value is -1.35. The minimum atomic E-state index is -0.694. The average Bonchev–Trinajstić information content (AvgIpc) is 2.03. The molecule has 0 atom stereocenters. The monoisotopic (exact) mass is 184 g/mol. The van der Waals surface area contributed by atoms with Gasteiger partial charge in [-0.2, -0.15) is 0 Å². The number of halogens is 1. The van der Waals surface area contributed by atoms with Gasteiger partial charge in [0.15, 0.2) is 6.29 Å². The lowest BCUT2D eigenvalue weighted by Gasteiger charge is -1.97. The second kappa shape index (κ2) is 3.36. The fraction of sp³-hybridized carbons (Fsp3) is 0. The molecule has 1 aromatic carbocycles. The maximum absolute atomic E-state index is 10.8. The fourth-order valence-corrected chi connectivity index (χ4v) is 1.04. The van der Waals surface area contributed by atoms with Crippen LogP contribution in [0, 0.1) is 0 Å². The predicted octanol–water partition coefficient (Wildman–Crippen LogP) is 1.43. The van der Waals surface area contributed by atoms with E-state index in [1.54, 1.807) is 0 Å². The molecule has 1 N–H and O–H groups in total. The van der Waals surface area contributed by atoms with E-state index in [-0.39, 0.29) is 22.6 Å². The molecule has 62 valence electrons. The van der Waals surface area contributed by atoms with Crippen LogP contribution in [0.2, 0.25) is 5.02 Å². The Morgan fingerprint density at radius 2 is 2.17 bits per heavy atom. The van der Waals surface area contributed by atoms with Crippen LogP contribution in [-0.4, -0.2) is 17.2 Å². The van der Waals surface area contributed by atoms with Crippen molar-refractivity contribution in [3.8, 4) is 5.75 Å². The van der Waals surface area contributed by atoms with E-state index < -0.39 is 5.78 Å². The van der Waals surface area contributed by atoms with Gasteiger partial charge in [-0.25, -0.2) is 0 Å². The fourth-order valence-electron chi connectivity index (χ4n) is 0.767. The van der Waals surface area contributed by atoms with E-state index in [1.807, 2.05) is 0 Å². The number of carbonyl (C=O) groups excluding carboxylic acids is 2. The SMILES string of the molecule is O=CC(=O)c1ccc(O)cc1Cl. The first-order valence-electron chi connectivity index (χ1n) is 3.13. The molecule has 0 spiro atoms. The number of benzene rings is 1. The van der Waals surface area contributed by atoms with Crippen molar-refractivity contribution in [2.24, 2.45) is 0 Å². The van der Waals surface area contributed by atoms with Crippen LogP contribution in [-0.2, 0) is 4.79 Å². The summed E-state index contributed by atoms with van der Waals surface area (Å²) in [6.07, 6.45) is 0.179. The Morgan fingerprint density at radius 1 is 1.50 bits per heavy atom. The molecule has 0 fully saturated rings. The summed E-state index contributed by atoms with van der Waals surface area (Å²) in [6, 6.07) is 3.80. The molecule has 1 rings (SSSR count). The van der Waals surface area contributed by atoms with Crippen LogP contribution in [0.4, 0.5) is 0 Å². The minimum Gasteiger partial charge on any atom is -0.508 e. The number of ketones is 1. The molecule has 0 aromatic heterocycles. The quantitative estimate of drug-likeness (QED) is 0.430. The summed E-state index contributed by atoms with van der Waals surface area (Å²) in [5.74, 6) is -0.734. The molecule has 0 saturated heterocycles. The summed E-state index contributed by atoms with van der Waals surface area (Å²) < 4.78 is 0. The lowest BCUT2D eigenvalue weighted by atomic mass is 10.1. The smallest absolute Gasteiger partial charge is 0.226 e. The van der Waals surface area contributed by atoms with Gasteiger partial charge in [-0.05, 0) is 18.2 Å². The van der Waals surface area contributed by atoms with Gasteiger partial charge < -0.3 is 5.11 Å². The van der Waals surface area contributed by atoms with Crippen molar-refractivity contribution < 1.29 is 14.7 Å². The molecule has 0 aliphatic rings. The predicted molar refractivity (Wildman–Crippen MR) is 43.5 cm³/mol. The number of hydrogen-bond acceptors (Lipinski definition) is 3. The summed E-state index contributed by atoms with van der Waals surface area (Å²) in [6.45, 7) is 0. The molecule has 0 unspecified atom stereocenters. The zero-order chi connectivity index (χ0) is 9.14. The lowest BCUT2D eigenvalue weighted by Crippen LogP contribution is -1.99. The summed E-state index contributed by atoms with van der Waals surface area (Å²) in [4.78, 5) is 20.9. The lowest BCUT2D eigenvalue weighted by molar-refractivity contribution is -0.104. The molecular weight excluding hydrogens is 180 g/mol. The van der Waals surface area contributed by atoms with Gasteiger partial charge in [0.25, 0.3) is 0 Å². The van der Waals surface area contributed by atoms with Crippen LogP contribution in [0.25, 0.3) is 0 Å². The molecule has 4 heteroatoms. The third-order valence-corrected chi connectivity index (χ3v) is 1.64. The molecule has 0 heterocycles. The number of aldehydes is 1. The number of rotatable bonds is 2. The van der Waals surface area contributed by atoms with Crippen molar-refractivity contribution in [2.45, 2.75) is 0 Å². The van der Waals surface area contributed by atoms with Crippen LogP contribution >= 0.6 is 11.6 Å². The Bertz CT molecular complexity index is 333. The van der Waals surface area contributed by atoms with E-state index >= 15 is 0 Å². The zero-order valence-electron chi connectivity index (χ0n) is 5.95. The molecule has 0 amide bonds. The first-order chi connectivity index (χ1) is 5.65. The van der Waals surface area contributed by atoms with Gasteiger partial charge in [-0.15, -0.1) is 0 Å². The Morgan fingerprint density at radius 3 is 2.67 bits per heavy atom. The summed E-state index contributed by atoms with van der Waals surface area (Å²) in [5, 5.41) is 8.98. The van der Waals surface area contributed by atoms with Gasteiger partial charge in [0, 0.05) is 5.56 Å². The normalized spacial score (nSPS) is 9.42. The minimum absolute atomic E-state index is 0.0394. The van der Waals surface area contributed by atoms with E-state index in [9.17, 15) is 9.59 Å². The first-order valence-corrected chi connectivity index (χ1v) is 3.51. The largest absolute Gasteiger partial charge is 0.508 e. The van der Waals surface area contributed by atoms with Crippen LogP contribution in [0.1, 0.15) is 10.4 Å². The van der Waals surface area contributed by atoms with E-state index in [1.165, 1.54) is 18.2 Å². The zero-order valence-corrected chi connectivity index (χ0v) is 6.71. The van der Waals surface area contributed by atoms with Gasteiger partial charge in [-0.3, -0.25) is 9.59 Å². The Kier molecular flexibility index (Phi) is 2.45. The third-order valence-electron chi connectivity index (χ3n) is 1.33. The van der Waals surface area contributed by atoms with Crippen LogP contribution in [0.15, 0.2) is 18.2 Å². The number of carbonyl (C=O) groups is 2. The number of phenolic OH excluding ortho intramolecular Hbond substituents is 1. The van der Waals surface area contributed by atoms with Crippen molar-refractivity contribution in [2.75, 3.05) is 0 Å². The van der Waals surface area contributed by atoms with E-state index in [4.69, 9.17) is 16.7 Å². The van der Waals surface area contributed by atoms with Crippen LogP contribution < -0.4 is 0 Å². The van der Waals surface area contributed by atoms with Gasteiger partial charge in [0.1, 0.15) is 5.75 Å². The molecule has 12 heavy (non-hydrogen) atoms. The summed E-state index contributed by atoms with van der Waals surface area (Å²) in [5.41, 5.74) is 0.101. The van der Waals surface area contributed by atoms with Crippen LogP contribution in [0.5, 0.6) is 5.75 Å². The highest BCUT2D eigenvalue weighted by atomic mass is 35.5. The summed E-state index contributed by atoms with van der Waals surface area (Å²) in [7, 11) is 0. The maximum Gasteiger partial charge on any atom is 0.226 e. The second-order valence-electron chi connectivity index (χ2n) is 2.15.